The van der Waals surface area contributed by atoms with E-state index in [2.05, 4.69) is 0 Å². The van der Waals surface area contributed by atoms with E-state index in [-0.39, 0.29) is 24.7 Å². The first-order valence-electron chi connectivity index (χ1n) is 7.37. The molecule has 21 heavy (non-hydrogen) atoms. The Hall–Kier alpha value is -1.46. The third-order valence-electron chi connectivity index (χ3n) is 4.05. The third kappa shape index (κ3) is 4.02. The molecule has 0 heterocycles. The number of benzene rings is 1. The lowest BCUT2D eigenvalue weighted by Crippen LogP contribution is -2.39. The molecule has 2 rings (SSSR count). The summed E-state index contributed by atoms with van der Waals surface area (Å²) in [4.78, 5) is 14.3. The van der Waals surface area contributed by atoms with E-state index < -0.39 is 5.82 Å². The zero-order valence-electron chi connectivity index (χ0n) is 12.3. The molecule has 0 spiro atoms. The number of Topliss-reactive ketones (excluding diaryl/α,β-unsaturated/α-hetero) is 1. The Bertz CT molecular complexity index is 486. The van der Waals surface area contributed by atoms with Gasteiger partial charge in [0.05, 0.1) is 20.3 Å². The van der Waals surface area contributed by atoms with Crippen LogP contribution in [-0.2, 0) is 0 Å². The SMILES string of the molecule is COc1ccc(C(=O)CN(CCO)C2CCCC2)cc1F. The molecule has 1 aromatic carbocycles. The highest BCUT2D eigenvalue weighted by molar-refractivity contribution is 5.97. The molecule has 1 N–H and O–H groups in total. The standard InChI is InChI=1S/C16H22FNO3/c1-21-16-7-6-12(10-14(16)17)15(20)11-18(8-9-19)13-4-2-3-5-13/h6-7,10,13,19H,2-5,8-9,11H2,1H3. The summed E-state index contributed by atoms with van der Waals surface area (Å²) >= 11 is 0. The van der Waals surface area contributed by atoms with Gasteiger partial charge in [-0.2, -0.15) is 0 Å². The quantitative estimate of drug-likeness (QED) is 0.784. The van der Waals surface area contributed by atoms with Crippen molar-refractivity contribution in [2.75, 3.05) is 26.8 Å². The molecule has 0 amide bonds. The first-order valence-corrected chi connectivity index (χ1v) is 7.37. The molecular weight excluding hydrogens is 273 g/mol. The van der Waals surface area contributed by atoms with Crippen molar-refractivity contribution in [2.45, 2.75) is 31.7 Å². The number of carbonyl (C=O) groups is 1. The third-order valence-corrected chi connectivity index (χ3v) is 4.05. The highest BCUT2D eigenvalue weighted by Gasteiger charge is 2.24. The maximum absolute atomic E-state index is 13.7. The largest absolute Gasteiger partial charge is 0.494 e. The monoisotopic (exact) mass is 295 g/mol. The molecule has 1 fully saturated rings. The molecule has 0 atom stereocenters. The second-order valence-corrected chi connectivity index (χ2v) is 5.40. The number of nitrogens with zero attached hydrogens (tertiary/aromatic N) is 1. The minimum Gasteiger partial charge on any atom is -0.494 e. The van der Waals surface area contributed by atoms with Crippen LogP contribution in [0.15, 0.2) is 18.2 Å². The van der Waals surface area contributed by atoms with E-state index in [1.54, 1.807) is 6.07 Å². The Morgan fingerprint density at radius 1 is 1.43 bits per heavy atom. The Labute approximate surface area is 124 Å². The van der Waals surface area contributed by atoms with Crippen molar-refractivity contribution in [1.29, 1.82) is 0 Å². The predicted molar refractivity (Wildman–Crippen MR) is 78.2 cm³/mol. The van der Waals surface area contributed by atoms with Crippen molar-refractivity contribution >= 4 is 5.78 Å². The number of carbonyl (C=O) groups excluding carboxylic acids is 1. The zero-order valence-corrected chi connectivity index (χ0v) is 12.3. The van der Waals surface area contributed by atoms with Crippen LogP contribution in [0.25, 0.3) is 0 Å². The minimum atomic E-state index is -0.530. The summed E-state index contributed by atoms with van der Waals surface area (Å²) in [6, 6.07) is 4.61. The maximum Gasteiger partial charge on any atom is 0.176 e. The van der Waals surface area contributed by atoms with E-state index in [0.29, 0.717) is 18.2 Å². The second kappa shape index (κ2) is 7.52. The molecule has 1 saturated carbocycles. The van der Waals surface area contributed by atoms with Crippen molar-refractivity contribution in [3.8, 4) is 5.75 Å². The number of hydrogen-bond acceptors (Lipinski definition) is 4. The number of ketones is 1. The fraction of sp³-hybridized carbons (Fsp3) is 0.562. The van der Waals surface area contributed by atoms with Gasteiger partial charge in [-0.1, -0.05) is 12.8 Å². The minimum absolute atomic E-state index is 0.0285. The zero-order chi connectivity index (χ0) is 15.2. The van der Waals surface area contributed by atoms with Crippen molar-refractivity contribution in [1.82, 2.24) is 4.90 Å². The van der Waals surface area contributed by atoms with E-state index in [4.69, 9.17) is 9.84 Å². The normalized spacial score (nSPS) is 15.6. The fourth-order valence-corrected chi connectivity index (χ4v) is 2.90. The molecule has 0 radical (unpaired) electrons. The summed E-state index contributed by atoms with van der Waals surface area (Å²) < 4.78 is 18.5. The molecule has 0 saturated heterocycles. The number of hydrogen-bond donors (Lipinski definition) is 1. The van der Waals surface area contributed by atoms with Crippen LogP contribution in [0.1, 0.15) is 36.0 Å². The number of rotatable bonds is 7. The molecule has 0 aliphatic heterocycles. The first kappa shape index (κ1) is 15.9. The molecule has 5 heteroatoms. The van der Waals surface area contributed by atoms with Gasteiger partial charge in [-0.3, -0.25) is 9.69 Å². The molecule has 116 valence electrons. The highest BCUT2D eigenvalue weighted by Crippen LogP contribution is 2.24. The van der Waals surface area contributed by atoms with Gasteiger partial charge in [0.1, 0.15) is 0 Å². The average Bonchev–Trinajstić information content (AvgIpc) is 3.00. The molecule has 0 aromatic heterocycles. The fourth-order valence-electron chi connectivity index (χ4n) is 2.90. The van der Waals surface area contributed by atoms with Crippen LogP contribution < -0.4 is 4.74 Å². The van der Waals surface area contributed by atoms with Gasteiger partial charge < -0.3 is 9.84 Å². The van der Waals surface area contributed by atoms with Crippen LogP contribution >= 0.6 is 0 Å². The van der Waals surface area contributed by atoms with E-state index >= 15 is 0 Å². The lowest BCUT2D eigenvalue weighted by Gasteiger charge is -2.27. The van der Waals surface area contributed by atoms with Gasteiger partial charge in [-0.25, -0.2) is 4.39 Å². The predicted octanol–water partition coefficient (Wildman–Crippen LogP) is 2.25. The summed E-state index contributed by atoms with van der Waals surface area (Å²) in [5, 5.41) is 9.16. The van der Waals surface area contributed by atoms with Gasteiger partial charge in [0, 0.05) is 18.2 Å². The van der Waals surface area contributed by atoms with Crippen LogP contribution in [-0.4, -0.2) is 48.6 Å². The molecule has 1 aliphatic carbocycles. The molecular formula is C16H22FNO3. The summed E-state index contributed by atoms with van der Waals surface area (Å²) in [7, 11) is 1.39. The summed E-state index contributed by atoms with van der Waals surface area (Å²) in [5.41, 5.74) is 0.342. The summed E-state index contributed by atoms with van der Waals surface area (Å²) in [6.45, 7) is 0.729. The smallest absolute Gasteiger partial charge is 0.176 e. The topological polar surface area (TPSA) is 49.8 Å². The van der Waals surface area contributed by atoms with Crippen LogP contribution in [0.3, 0.4) is 0 Å². The first-order chi connectivity index (χ1) is 10.2. The van der Waals surface area contributed by atoms with Crippen molar-refractivity contribution in [2.24, 2.45) is 0 Å². The van der Waals surface area contributed by atoms with Crippen LogP contribution in [0.2, 0.25) is 0 Å². The van der Waals surface area contributed by atoms with Crippen LogP contribution in [0.4, 0.5) is 4.39 Å². The number of aliphatic hydroxyl groups excluding tert-OH is 1. The van der Waals surface area contributed by atoms with Crippen molar-refractivity contribution in [3.05, 3.63) is 29.6 Å². The van der Waals surface area contributed by atoms with Gasteiger partial charge in [-0.15, -0.1) is 0 Å². The Morgan fingerprint density at radius 3 is 2.71 bits per heavy atom. The Balaban J connectivity index is 2.05. The van der Waals surface area contributed by atoms with Gasteiger partial charge >= 0.3 is 0 Å². The number of halogens is 1. The van der Waals surface area contributed by atoms with Crippen LogP contribution in [0.5, 0.6) is 5.75 Å². The molecule has 1 aliphatic rings. The maximum atomic E-state index is 13.7. The second-order valence-electron chi connectivity index (χ2n) is 5.40. The molecule has 1 aromatic rings. The lowest BCUT2D eigenvalue weighted by atomic mass is 10.1. The van der Waals surface area contributed by atoms with E-state index in [1.807, 2.05) is 4.90 Å². The number of methoxy groups -OCH3 is 1. The number of aliphatic hydroxyl groups is 1. The van der Waals surface area contributed by atoms with Gasteiger partial charge in [0.25, 0.3) is 0 Å². The summed E-state index contributed by atoms with van der Waals surface area (Å²) in [6.07, 6.45) is 4.45. The average molecular weight is 295 g/mol. The van der Waals surface area contributed by atoms with Crippen molar-refractivity contribution in [3.63, 3.8) is 0 Å². The van der Waals surface area contributed by atoms with E-state index in [9.17, 15) is 9.18 Å². The Morgan fingerprint density at radius 2 is 2.14 bits per heavy atom. The molecule has 0 unspecified atom stereocenters. The van der Waals surface area contributed by atoms with Crippen LogP contribution in [0, 0.1) is 5.82 Å². The lowest BCUT2D eigenvalue weighted by molar-refractivity contribution is 0.0862. The van der Waals surface area contributed by atoms with E-state index in [1.165, 1.54) is 19.2 Å². The summed E-state index contributed by atoms with van der Waals surface area (Å²) in [5.74, 6) is -0.524. The van der Waals surface area contributed by atoms with Crippen molar-refractivity contribution < 1.29 is 19.0 Å². The molecule has 0 bridgehead atoms. The van der Waals surface area contributed by atoms with Gasteiger partial charge in [-0.05, 0) is 31.0 Å². The van der Waals surface area contributed by atoms with E-state index in [0.717, 1.165) is 25.7 Å². The highest BCUT2D eigenvalue weighted by atomic mass is 19.1. The molecule has 4 nitrogen and oxygen atoms in total. The Kier molecular flexibility index (Phi) is 5.70. The number of ether oxygens (including phenoxy) is 1. The van der Waals surface area contributed by atoms with Gasteiger partial charge in [0.15, 0.2) is 17.3 Å². The van der Waals surface area contributed by atoms with Gasteiger partial charge in [0.2, 0.25) is 0 Å².